The van der Waals surface area contributed by atoms with Crippen LogP contribution in [0.4, 0.5) is 0 Å². The molecule has 0 aliphatic carbocycles. The Balaban J connectivity index is 2.19. The maximum atomic E-state index is 5.23. The van der Waals surface area contributed by atoms with Crippen LogP contribution >= 0.6 is 0 Å². The van der Waals surface area contributed by atoms with Crippen molar-refractivity contribution in [2.75, 3.05) is 0 Å². The first-order chi connectivity index (χ1) is 10.4. The summed E-state index contributed by atoms with van der Waals surface area (Å²) in [5.74, 6) is 0.866. The van der Waals surface area contributed by atoms with Crippen molar-refractivity contribution in [1.29, 1.82) is 0 Å². The summed E-state index contributed by atoms with van der Waals surface area (Å²) in [5, 5.41) is 0. The summed E-state index contributed by atoms with van der Waals surface area (Å²) in [4.78, 5) is 0. The number of unbranched alkanes of at least 4 members (excludes halogenated alkanes) is 8. The van der Waals surface area contributed by atoms with Gasteiger partial charge in [0, 0.05) is 0 Å². The smallest absolute Gasteiger partial charge is 0.0934 e. The Morgan fingerprint density at radius 1 is 0.810 bits per heavy atom. The molecule has 0 radical (unpaired) electrons. The predicted octanol–water partition coefficient (Wildman–Crippen LogP) is 7.16. The van der Waals surface area contributed by atoms with Gasteiger partial charge in [0.05, 0.1) is 12.5 Å². The summed E-state index contributed by atoms with van der Waals surface area (Å²) >= 11 is 0. The lowest BCUT2D eigenvalue weighted by Gasteiger charge is -2.16. The summed E-state index contributed by atoms with van der Waals surface area (Å²) in [6, 6.07) is 2.14. The van der Waals surface area contributed by atoms with Gasteiger partial charge in [-0.2, -0.15) is 0 Å². The Hall–Kier alpha value is -0.720. The van der Waals surface area contributed by atoms with E-state index in [2.05, 4.69) is 19.9 Å². The van der Waals surface area contributed by atoms with Crippen LogP contribution in [0.15, 0.2) is 23.0 Å². The van der Waals surface area contributed by atoms with Gasteiger partial charge in [0.15, 0.2) is 0 Å². The van der Waals surface area contributed by atoms with Gasteiger partial charge < -0.3 is 4.42 Å². The third kappa shape index (κ3) is 9.77. The molecule has 0 aromatic carbocycles. The molecule has 0 N–H and O–H groups in total. The number of rotatable bonds is 14. The SMILES string of the molecule is CCCCCCCCC(CCCCCC)Cc1ccoc1. The van der Waals surface area contributed by atoms with Crippen LogP contribution in [-0.2, 0) is 6.42 Å². The molecule has 0 aliphatic heterocycles. The molecule has 1 nitrogen and oxygen atoms in total. The lowest BCUT2D eigenvalue weighted by Crippen LogP contribution is -2.04. The fourth-order valence-corrected chi connectivity index (χ4v) is 3.16. The van der Waals surface area contributed by atoms with Crippen molar-refractivity contribution in [2.24, 2.45) is 5.92 Å². The van der Waals surface area contributed by atoms with Crippen molar-refractivity contribution in [3.63, 3.8) is 0 Å². The average Bonchev–Trinajstić information content (AvgIpc) is 2.99. The largest absolute Gasteiger partial charge is 0.472 e. The quantitative estimate of drug-likeness (QED) is 0.331. The summed E-state index contributed by atoms with van der Waals surface area (Å²) in [6.45, 7) is 4.58. The van der Waals surface area contributed by atoms with Crippen molar-refractivity contribution in [3.05, 3.63) is 24.2 Å². The van der Waals surface area contributed by atoms with Crippen molar-refractivity contribution in [1.82, 2.24) is 0 Å². The van der Waals surface area contributed by atoms with Crippen LogP contribution in [0.5, 0.6) is 0 Å². The fourth-order valence-electron chi connectivity index (χ4n) is 3.16. The van der Waals surface area contributed by atoms with E-state index in [-0.39, 0.29) is 0 Å². The van der Waals surface area contributed by atoms with E-state index in [0.29, 0.717) is 0 Å². The van der Waals surface area contributed by atoms with Gasteiger partial charge >= 0.3 is 0 Å². The zero-order valence-corrected chi connectivity index (χ0v) is 14.4. The van der Waals surface area contributed by atoms with E-state index in [9.17, 15) is 0 Å². The molecule has 1 atom stereocenters. The van der Waals surface area contributed by atoms with Gasteiger partial charge in [0.1, 0.15) is 0 Å². The van der Waals surface area contributed by atoms with Crippen LogP contribution in [-0.4, -0.2) is 0 Å². The van der Waals surface area contributed by atoms with Crippen molar-refractivity contribution < 1.29 is 4.42 Å². The standard InChI is InChI=1S/C20H36O/c1-3-5-7-9-10-12-14-19(13-11-8-6-4-2)17-20-15-16-21-18-20/h15-16,18-19H,3-14,17H2,1-2H3. The first-order valence-electron chi connectivity index (χ1n) is 9.37. The molecule has 0 aliphatic rings. The normalized spacial score (nSPS) is 12.7. The third-order valence-corrected chi connectivity index (χ3v) is 4.54. The molecule has 0 saturated heterocycles. The Bertz CT molecular complexity index is 302. The highest BCUT2D eigenvalue weighted by Crippen LogP contribution is 2.23. The van der Waals surface area contributed by atoms with Gasteiger partial charge in [0.2, 0.25) is 0 Å². The van der Waals surface area contributed by atoms with Crippen molar-refractivity contribution in [3.8, 4) is 0 Å². The van der Waals surface area contributed by atoms with E-state index in [4.69, 9.17) is 4.42 Å². The zero-order chi connectivity index (χ0) is 15.2. The molecule has 1 aromatic heterocycles. The molecule has 0 bridgehead atoms. The first kappa shape index (κ1) is 18.3. The van der Waals surface area contributed by atoms with Crippen molar-refractivity contribution >= 4 is 0 Å². The number of furan rings is 1. The lowest BCUT2D eigenvalue weighted by atomic mass is 9.89. The van der Waals surface area contributed by atoms with Gasteiger partial charge in [-0.3, -0.25) is 0 Å². The van der Waals surface area contributed by atoms with Gasteiger partial charge in [-0.25, -0.2) is 0 Å². The molecule has 0 spiro atoms. The molecule has 1 unspecified atom stereocenters. The minimum atomic E-state index is 0.866. The first-order valence-corrected chi connectivity index (χ1v) is 9.37. The van der Waals surface area contributed by atoms with Gasteiger partial charge in [-0.05, 0) is 24.0 Å². The maximum Gasteiger partial charge on any atom is 0.0934 e. The molecule has 1 heterocycles. The summed E-state index contributed by atoms with van der Waals surface area (Å²) < 4.78 is 5.23. The van der Waals surface area contributed by atoms with Crippen LogP contribution in [0.3, 0.4) is 0 Å². The van der Waals surface area contributed by atoms with E-state index >= 15 is 0 Å². The highest BCUT2D eigenvalue weighted by molar-refractivity contribution is 5.06. The topological polar surface area (TPSA) is 13.1 Å². The average molecular weight is 293 g/mol. The highest BCUT2D eigenvalue weighted by Gasteiger charge is 2.10. The summed E-state index contributed by atoms with van der Waals surface area (Å²) in [7, 11) is 0. The number of hydrogen-bond acceptors (Lipinski definition) is 1. The maximum absolute atomic E-state index is 5.23. The summed E-state index contributed by atoms with van der Waals surface area (Å²) in [6.07, 6.45) is 21.8. The molecule has 1 heteroatoms. The molecule has 1 rings (SSSR count). The minimum Gasteiger partial charge on any atom is -0.472 e. The summed E-state index contributed by atoms with van der Waals surface area (Å²) in [5.41, 5.74) is 1.39. The molecule has 0 amide bonds. The van der Waals surface area contributed by atoms with E-state index in [0.717, 1.165) is 5.92 Å². The van der Waals surface area contributed by atoms with E-state index in [1.165, 1.54) is 89.0 Å². The zero-order valence-electron chi connectivity index (χ0n) is 14.4. The third-order valence-electron chi connectivity index (χ3n) is 4.54. The molecular weight excluding hydrogens is 256 g/mol. The van der Waals surface area contributed by atoms with E-state index in [1.807, 2.05) is 12.5 Å². The van der Waals surface area contributed by atoms with Crippen molar-refractivity contribution in [2.45, 2.75) is 97.3 Å². The van der Waals surface area contributed by atoms with E-state index in [1.54, 1.807) is 0 Å². The second-order valence-corrected chi connectivity index (χ2v) is 6.61. The van der Waals surface area contributed by atoms with Crippen LogP contribution in [0.2, 0.25) is 0 Å². The Morgan fingerprint density at radius 2 is 1.38 bits per heavy atom. The second kappa shape index (κ2) is 13.0. The minimum absolute atomic E-state index is 0.866. The van der Waals surface area contributed by atoms with Gasteiger partial charge in [0.25, 0.3) is 0 Å². The monoisotopic (exact) mass is 292 g/mol. The Labute approximate surface area is 132 Å². The molecule has 0 fully saturated rings. The van der Waals surface area contributed by atoms with Crippen LogP contribution in [0.1, 0.15) is 96.5 Å². The molecule has 122 valence electrons. The molecule has 1 aromatic rings. The van der Waals surface area contributed by atoms with Crippen LogP contribution in [0.25, 0.3) is 0 Å². The van der Waals surface area contributed by atoms with E-state index < -0.39 is 0 Å². The molecular formula is C20H36O. The molecule has 0 saturated carbocycles. The second-order valence-electron chi connectivity index (χ2n) is 6.61. The Morgan fingerprint density at radius 3 is 1.95 bits per heavy atom. The van der Waals surface area contributed by atoms with Crippen LogP contribution in [0, 0.1) is 5.92 Å². The fraction of sp³-hybridized carbons (Fsp3) is 0.800. The number of hydrogen-bond donors (Lipinski definition) is 0. The lowest BCUT2D eigenvalue weighted by molar-refractivity contribution is 0.401. The Kier molecular flexibility index (Phi) is 11.3. The predicted molar refractivity (Wildman–Crippen MR) is 92.7 cm³/mol. The molecule has 21 heavy (non-hydrogen) atoms. The van der Waals surface area contributed by atoms with Gasteiger partial charge in [-0.15, -0.1) is 0 Å². The van der Waals surface area contributed by atoms with Gasteiger partial charge in [-0.1, -0.05) is 90.9 Å². The van der Waals surface area contributed by atoms with Crippen LogP contribution < -0.4 is 0 Å². The highest BCUT2D eigenvalue weighted by atomic mass is 16.3.